The molecule has 2 aromatic rings. The van der Waals surface area contributed by atoms with Crippen molar-refractivity contribution in [1.29, 1.82) is 0 Å². The molecule has 0 N–H and O–H groups in total. The van der Waals surface area contributed by atoms with Crippen molar-refractivity contribution in [2.24, 2.45) is 0 Å². The first-order valence-electron chi connectivity index (χ1n) is 4.80. The Morgan fingerprint density at radius 2 is 2.06 bits per heavy atom. The number of halogens is 1. The fourth-order valence-corrected chi connectivity index (χ4v) is 2.33. The van der Waals surface area contributed by atoms with E-state index in [1.54, 1.807) is 12.4 Å². The quantitative estimate of drug-likeness (QED) is 0.791. The Morgan fingerprint density at radius 1 is 1.25 bits per heavy atom. The van der Waals surface area contributed by atoms with E-state index in [9.17, 15) is 8.42 Å². The number of aryl methyl sites for hydroxylation is 1. The van der Waals surface area contributed by atoms with Crippen LogP contribution < -0.4 is 0 Å². The molecular formula is C11H10ClNO2S. The number of benzene rings is 1. The zero-order valence-electron chi connectivity index (χ0n) is 8.43. The molecule has 84 valence electrons. The Balaban J connectivity index is 2.38. The van der Waals surface area contributed by atoms with Crippen LogP contribution in [-0.4, -0.2) is 19.2 Å². The highest BCUT2D eigenvalue weighted by Crippen LogP contribution is 2.18. The molecule has 1 heterocycles. The molecular weight excluding hydrogens is 246 g/mol. The first kappa shape index (κ1) is 11.4. The Bertz CT molecular complexity index is 605. The van der Waals surface area contributed by atoms with E-state index in [2.05, 4.69) is 4.98 Å². The molecule has 1 aromatic carbocycles. The highest BCUT2D eigenvalue weighted by Gasteiger charge is 2.07. The summed E-state index contributed by atoms with van der Waals surface area (Å²) in [4.78, 5) is 4.02. The van der Waals surface area contributed by atoms with Crippen LogP contribution in [0.2, 0.25) is 0 Å². The van der Waals surface area contributed by atoms with Gasteiger partial charge in [-0.2, -0.15) is 0 Å². The highest BCUT2D eigenvalue weighted by molar-refractivity contribution is 8.13. The van der Waals surface area contributed by atoms with Gasteiger partial charge in [0.25, 0.3) is 0 Å². The Morgan fingerprint density at radius 3 is 2.81 bits per heavy atom. The van der Waals surface area contributed by atoms with Crippen LogP contribution in [0.4, 0.5) is 0 Å². The molecule has 0 bridgehead atoms. The summed E-state index contributed by atoms with van der Waals surface area (Å²) in [6.45, 7) is 0. The number of hydrogen-bond acceptors (Lipinski definition) is 3. The van der Waals surface area contributed by atoms with Crippen LogP contribution in [0.1, 0.15) is 5.56 Å². The summed E-state index contributed by atoms with van der Waals surface area (Å²) in [6.07, 6.45) is 3.88. The molecule has 0 aliphatic rings. The van der Waals surface area contributed by atoms with Gasteiger partial charge in [-0.1, -0.05) is 18.2 Å². The number of fused-ring (bicyclic) bond motifs is 1. The lowest BCUT2D eigenvalue weighted by atomic mass is 10.1. The van der Waals surface area contributed by atoms with Crippen LogP contribution in [0.3, 0.4) is 0 Å². The zero-order chi connectivity index (χ0) is 11.6. The molecule has 0 aliphatic carbocycles. The van der Waals surface area contributed by atoms with Crippen LogP contribution in [-0.2, 0) is 15.5 Å². The van der Waals surface area contributed by atoms with Gasteiger partial charge in [0.05, 0.1) is 5.75 Å². The van der Waals surface area contributed by atoms with Gasteiger partial charge in [-0.05, 0) is 23.4 Å². The summed E-state index contributed by atoms with van der Waals surface area (Å²) in [5.41, 5.74) is 0.976. The van der Waals surface area contributed by atoms with Crippen molar-refractivity contribution in [3.05, 3.63) is 42.2 Å². The molecule has 16 heavy (non-hydrogen) atoms. The first-order valence-corrected chi connectivity index (χ1v) is 7.28. The van der Waals surface area contributed by atoms with Gasteiger partial charge in [0.2, 0.25) is 9.05 Å². The second-order valence-electron chi connectivity index (χ2n) is 3.51. The van der Waals surface area contributed by atoms with E-state index < -0.39 is 9.05 Å². The third-order valence-corrected chi connectivity index (χ3v) is 3.54. The lowest BCUT2D eigenvalue weighted by molar-refractivity contribution is 0.609. The predicted molar refractivity (Wildman–Crippen MR) is 65.1 cm³/mol. The first-order chi connectivity index (χ1) is 7.56. The summed E-state index contributed by atoms with van der Waals surface area (Å²) in [6, 6.07) is 7.62. The van der Waals surface area contributed by atoms with E-state index in [1.165, 1.54) is 0 Å². The minimum atomic E-state index is -3.43. The lowest BCUT2D eigenvalue weighted by Crippen LogP contribution is -2.01. The standard InChI is InChI=1S/C11H10ClNO2S/c12-16(14,15)7-5-9-2-1-3-10-8-13-6-4-11(9)10/h1-4,6,8H,5,7H2. The van der Waals surface area contributed by atoms with E-state index in [-0.39, 0.29) is 5.75 Å². The van der Waals surface area contributed by atoms with Crippen LogP contribution >= 0.6 is 10.7 Å². The molecule has 0 radical (unpaired) electrons. The second-order valence-corrected chi connectivity index (χ2v) is 6.40. The lowest BCUT2D eigenvalue weighted by Gasteiger charge is -2.04. The van der Waals surface area contributed by atoms with Crippen LogP contribution in [0, 0.1) is 0 Å². The average molecular weight is 256 g/mol. The Kier molecular flexibility index (Phi) is 3.12. The minimum absolute atomic E-state index is 0.0456. The number of pyridine rings is 1. The third-order valence-electron chi connectivity index (χ3n) is 2.39. The summed E-state index contributed by atoms with van der Waals surface area (Å²) < 4.78 is 21.8. The topological polar surface area (TPSA) is 47.0 Å². The third kappa shape index (κ3) is 2.71. The predicted octanol–water partition coefficient (Wildman–Crippen LogP) is 2.35. The van der Waals surface area contributed by atoms with E-state index >= 15 is 0 Å². The fraction of sp³-hybridized carbons (Fsp3) is 0.182. The van der Waals surface area contributed by atoms with Crippen molar-refractivity contribution in [1.82, 2.24) is 4.98 Å². The summed E-state index contributed by atoms with van der Waals surface area (Å²) in [7, 11) is 1.76. The largest absolute Gasteiger partial charge is 0.264 e. The summed E-state index contributed by atoms with van der Waals surface area (Å²) >= 11 is 0. The molecule has 0 aliphatic heterocycles. The van der Waals surface area contributed by atoms with E-state index in [0.29, 0.717) is 6.42 Å². The molecule has 0 amide bonds. The molecule has 0 saturated heterocycles. The highest BCUT2D eigenvalue weighted by atomic mass is 35.7. The zero-order valence-corrected chi connectivity index (χ0v) is 10.0. The van der Waals surface area contributed by atoms with Gasteiger partial charge in [0, 0.05) is 28.5 Å². The van der Waals surface area contributed by atoms with Crippen LogP contribution in [0.25, 0.3) is 10.8 Å². The molecule has 3 nitrogen and oxygen atoms in total. The molecule has 0 fully saturated rings. The molecule has 1 aromatic heterocycles. The van der Waals surface area contributed by atoms with Crippen molar-refractivity contribution >= 4 is 30.5 Å². The van der Waals surface area contributed by atoms with Gasteiger partial charge < -0.3 is 0 Å². The minimum Gasteiger partial charge on any atom is -0.264 e. The maximum absolute atomic E-state index is 10.9. The maximum Gasteiger partial charge on any atom is 0.232 e. The monoisotopic (exact) mass is 255 g/mol. The van der Waals surface area contributed by atoms with Crippen molar-refractivity contribution in [3.8, 4) is 0 Å². The van der Waals surface area contributed by atoms with Crippen molar-refractivity contribution in [3.63, 3.8) is 0 Å². The molecule has 0 spiro atoms. The number of aromatic nitrogens is 1. The second kappa shape index (κ2) is 4.39. The molecule has 0 saturated carbocycles. The molecule has 2 rings (SSSR count). The normalized spacial score (nSPS) is 11.8. The van der Waals surface area contributed by atoms with E-state index in [4.69, 9.17) is 10.7 Å². The summed E-state index contributed by atoms with van der Waals surface area (Å²) in [5.74, 6) is -0.0456. The SMILES string of the molecule is O=S(=O)(Cl)CCc1cccc2cnccc12. The van der Waals surface area contributed by atoms with Gasteiger partial charge in [0.15, 0.2) is 0 Å². The van der Waals surface area contributed by atoms with Gasteiger partial charge >= 0.3 is 0 Å². The smallest absolute Gasteiger partial charge is 0.232 e. The average Bonchev–Trinajstić information content (AvgIpc) is 2.25. The van der Waals surface area contributed by atoms with Gasteiger partial charge in [-0.25, -0.2) is 8.42 Å². The number of hydrogen-bond donors (Lipinski definition) is 0. The van der Waals surface area contributed by atoms with Crippen molar-refractivity contribution in [2.75, 3.05) is 5.75 Å². The van der Waals surface area contributed by atoms with Crippen molar-refractivity contribution in [2.45, 2.75) is 6.42 Å². The van der Waals surface area contributed by atoms with Crippen LogP contribution in [0.15, 0.2) is 36.7 Å². The van der Waals surface area contributed by atoms with E-state index in [0.717, 1.165) is 16.3 Å². The van der Waals surface area contributed by atoms with Gasteiger partial charge in [-0.3, -0.25) is 4.98 Å². The van der Waals surface area contributed by atoms with Crippen molar-refractivity contribution < 1.29 is 8.42 Å². The van der Waals surface area contributed by atoms with Gasteiger partial charge in [-0.15, -0.1) is 0 Å². The molecule has 0 atom stereocenters. The number of nitrogens with zero attached hydrogens (tertiary/aromatic N) is 1. The molecule has 5 heteroatoms. The maximum atomic E-state index is 10.9. The fourth-order valence-electron chi connectivity index (χ4n) is 1.64. The Hall–Kier alpha value is -1.13. The van der Waals surface area contributed by atoms with E-state index in [1.807, 2.05) is 24.3 Å². The van der Waals surface area contributed by atoms with Crippen LogP contribution in [0.5, 0.6) is 0 Å². The Labute approximate surface area is 98.5 Å². The number of rotatable bonds is 3. The summed E-state index contributed by atoms with van der Waals surface area (Å²) in [5, 5.41) is 2.03. The van der Waals surface area contributed by atoms with Gasteiger partial charge in [0.1, 0.15) is 0 Å². The molecule has 0 unspecified atom stereocenters.